The van der Waals surface area contributed by atoms with E-state index in [1.54, 1.807) is 4.52 Å². The Labute approximate surface area is 138 Å². The number of ether oxygens (including phenoxy) is 1. The smallest absolute Gasteiger partial charge is 0.254 e. The number of hydrogen-bond donors (Lipinski definition) is 0. The van der Waals surface area contributed by atoms with Crippen LogP contribution >= 0.6 is 11.6 Å². The molecule has 2 aromatic heterocycles. The van der Waals surface area contributed by atoms with Crippen molar-refractivity contribution in [1.29, 1.82) is 0 Å². The first kappa shape index (κ1) is 14.3. The molecule has 0 amide bonds. The maximum Gasteiger partial charge on any atom is 0.254 e. The third-order valence-electron chi connectivity index (χ3n) is 4.15. The molecule has 0 atom stereocenters. The van der Waals surface area contributed by atoms with Crippen molar-refractivity contribution in [2.24, 2.45) is 0 Å². The molecule has 3 aromatic rings. The predicted molar refractivity (Wildman–Crippen MR) is 88.3 cm³/mol. The highest BCUT2D eigenvalue weighted by Crippen LogP contribution is 2.30. The van der Waals surface area contributed by atoms with Crippen LogP contribution in [0.3, 0.4) is 0 Å². The van der Waals surface area contributed by atoms with E-state index in [0.717, 1.165) is 35.9 Å². The molecule has 0 spiro atoms. The van der Waals surface area contributed by atoms with Gasteiger partial charge in [0.2, 0.25) is 0 Å². The minimum Gasteiger partial charge on any atom is -0.485 e. The van der Waals surface area contributed by atoms with Crippen LogP contribution in [0.25, 0.3) is 5.78 Å². The lowest BCUT2D eigenvalue weighted by Gasteiger charge is -2.41. The second kappa shape index (κ2) is 5.38. The van der Waals surface area contributed by atoms with Gasteiger partial charge in [-0.2, -0.15) is 14.6 Å². The van der Waals surface area contributed by atoms with Gasteiger partial charge in [0.1, 0.15) is 24.0 Å². The molecular weight excluding hydrogens is 314 g/mol. The highest BCUT2D eigenvalue weighted by Gasteiger charge is 2.32. The zero-order chi connectivity index (χ0) is 16.0. The third kappa shape index (κ3) is 2.39. The number of nitrogens with zero attached hydrogens (tertiary/aromatic N) is 5. The Morgan fingerprint density at radius 1 is 1.22 bits per heavy atom. The third-order valence-corrected chi connectivity index (χ3v) is 4.47. The summed E-state index contributed by atoms with van der Waals surface area (Å²) in [7, 11) is 0. The molecule has 4 rings (SSSR count). The molecule has 1 aliphatic rings. The number of anilines is 1. The lowest BCUT2D eigenvalue weighted by molar-refractivity contribution is 0.166. The van der Waals surface area contributed by atoms with Crippen molar-refractivity contribution < 1.29 is 4.74 Å². The summed E-state index contributed by atoms with van der Waals surface area (Å²) in [5.41, 5.74) is 2.08. The molecule has 7 heteroatoms. The number of hydrogen-bond acceptors (Lipinski definition) is 5. The molecule has 3 heterocycles. The SMILES string of the molecule is Cc1nc2ncnn2c(N2CC(Oc3ccccc3Cl)C2)c1C. The maximum absolute atomic E-state index is 6.14. The fourth-order valence-electron chi connectivity index (χ4n) is 2.79. The highest BCUT2D eigenvalue weighted by molar-refractivity contribution is 6.32. The van der Waals surface area contributed by atoms with Crippen molar-refractivity contribution >= 4 is 23.2 Å². The molecule has 0 aliphatic carbocycles. The van der Waals surface area contributed by atoms with Crippen LogP contribution in [-0.4, -0.2) is 38.8 Å². The average molecular weight is 330 g/mol. The van der Waals surface area contributed by atoms with E-state index >= 15 is 0 Å². The van der Waals surface area contributed by atoms with Crippen molar-refractivity contribution in [2.45, 2.75) is 20.0 Å². The monoisotopic (exact) mass is 329 g/mol. The second-order valence-corrected chi connectivity index (χ2v) is 6.10. The van der Waals surface area contributed by atoms with Gasteiger partial charge < -0.3 is 9.64 Å². The van der Waals surface area contributed by atoms with Crippen molar-refractivity contribution in [3.8, 4) is 5.75 Å². The van der Waals surface area contributed by atoms with Crippen molar-refractivity contribution in [1.82, 2.24) is 19.6 Å². The Morgan fingerprint density at radius 2 is 2.00 bits per heavy atom. The van der Waals surface area contributed by atoms with E-state index in [1.807, 2.05) is 31.2 Å². The number of aryl methyl sites for hydroxylation is 1. The largest absolute Gasteiger partial charge is 0.485 e. The molecule has 0 unspecified atom stereocenters. The number of fused-ring (bicyclic) bond motifs is 1. The molecule has 23 heavy (non-hydrogen) atoms. The minimum atomic E-state index is 0.112. The van der Waals surface area contributed by atoms with Crippen LogP contribution in [0.2, 0.25) is 5.02 Å². The van der Waals surface area contributed by atoms with Gasteiger partial charge in [-0.15, -0.1) is 0 Å². The zero-order valence-electron chi connectivity index (χ0n) is 12.9. The molecule has 0 saturated carbocycles. The van der Waals surface area contributed by atoms with Crippen molar-refractivity contribution in [3.63, 3.8) is 0 Å². The second-order valence-electron chi connectivity index (χ2n) is 5.69. The number of para-hydroxylation sites is 1. The number of benzene rings is 1. The summed E-state index contributed by atoms with van der Waals surface area (Å²) in [6, 6.07) is 7.55. The van der Waals surface area contributed by atoms with E-state index < -0.39 is 0 Å². The molecule has 1 saturated heterocycles. The van der Waals surface area contributed by atoms with Gasteiger partial charge in [0.15, 0.2) is 0 Å². The normalized spacial score (nSPS) is 15.0. The molecular formula is C16H16ClN5O. The van der Waals surface area contributed by atoms with Crippen molar-refractivity contribution in [2.75, 3.05) is 18.0 Å². The summed E-state index contributed by atoms with van der Waals surface area (Å²) in [5, 5.41) is 4.93. The summed E-state index contributed by atoms with van der Waals surface area (Å²) in [6.45, 7) is 5.61. The fourth-order valence-corrected chi connectivity index (χ4v) is 2.97. The lowest BCUT2D eigenvalue weighted by atomic mass is 10.1. The van der Waals surface area contributed by atoms with Gasteiger partial charge in [-0.25, -0.2) is 4.98 Å². The van der Waals surface area contributed by atoms with Crippen LogP contribution in [0.4, 0.5) is 5.82 Å². The Morgan fingerprint density at radius 3 is 2.78 bits per heavy atom. The maximum atomic E-state index is 6.14. The Balaban J connectivity index is 1.55. The minimum absolute atomic E-state index is 0.112. The van der Waals surface area contributed by atoms with Crippen LogP contribution in [0, 0.1) is 13.8 Å². The van der Waals surface area contributed by atoms with Crippen LogP contribution in [0.5, 0.6) is 5.75 Å². The van der Waals surface area contributed by atoms with Gasteiger partial charge in [-0.3, -0.25) is 0 Å². The summed E-state index contributed by atoms with van der Waals surface area (Å²) >= 11 is 6.14. The van der Waals surface area contributed by atoms with E-state index in [2.05, 4.69) is 26.9 Å². The lowest BCUT2D eigenvalue weighted by Crippen LogP contribution is -2.55. The summed E-state index contributed by atoms with van der Waals surface area (Å²) in [5.74, 6) is 2.38. The fraction of sp³-hybridized carbons (Fsp3) is 0.312. The number of aromatic nitrogens is 4. The van der Waals surface area contributed by atoms with E-state index in [-0.39, 0.29) is 6.10 Å². The van der Waals surface area contributed by atoms with Crippen LogP contribution in [0.15, 0.2) is 30.6 Å². The molecule has 1 aliphatic heterocycles. The molecule has 118 valence electrons. The topological polar surface area (TPSA) is 55.5 Å². The Bertz CT molecular complexity index is 872. The van der Waals surface area contributed by atoms with Gasteiger partial charge in [-0.05, 0) is 26.0 Å². The van der Waals surface area contributed by atoms with Crippen molar-refractivity contribution in [3.05, 3.63) is 46.9 Å². The van der Waals surface area contributed by atoms with Crippen LogP contribution in [-0.2, 0) is 0 Å². The van der Waals surface area contributed by atoms with Gasteiger partial charge in [0.05, 0.1) is 18.1 Å². The highest BCUT2D eigenvalue weighted by atomic mass is 35.5. The van der Waals surface area contributed by atoms with Gasteiger partial charge >= 0.3 is 0 Å². The standard InChI is InChI=1S/C16H16ClN5O/c1-10-11(2)20-16-18-9-19-22(16)15(10)21-7-12(8-21)23-14-6-4-3-5-13(14)17/h3-6,9,12H,7-8H2,1-2H3. The first-order valence-electron chi connectivity index (χ1n) is 7.46. The average Bonchev–Trinajstić information content (AvgIpc) is 2.94. The first-order valence-corrected chi connectivity index (χ1v) is 7.84. The summed E-state index contributed by atoms with van der Waals surface area (Å²) in [4.78, 5) is 10.9. The number of halogens is 1. The summed E-state index contributed by atoms with van der Waals surface area (Å²) < 4.78 is 7.75. The summed E-state index contributed by atoms with van der Waals surface area (Å²) in [6.07, 6.45) is 1.64. The molecule has 0 bridgehead atoms. The van der Waals surface area contributed by atoms with Gasteiger partial charge in [0.25, 0.3) is 5.78 Å². The molecule has 6 nitrogen and oxygen atoms in total. The Hall–Kier alpha value is -2.34. The van der Waals surface area contributed by atoms with E-state index in [9.17, 15) is 0 Å². The van der Waals surface area contributed by atoms with Gasteiger partial charge in [-0.1, -0.05) is 23.7 Å². The molecule has 1 aromatic carbocycles. The predicted octanol–water partition coefficient (Wildman–Crippen LogP) is 2.66. The Kier molecular flexibility index (Phi) is 3.34. The number of rotatable bonds is 3. The first-order chi connectivity index (χ1) is 11.1. The van der Waals surface area contributed by atoms with E-state index in [1.165, 1.54) is 6.33 Å². The molecule has 1 fully saturated rings. The molecule has 0 radical (unpaired) electrons. The quantitative estimate of drug-likeness (QED) is 0.739. The molecule has 0 N–H and O–H groups in total. The van der Waals surface area contributed by atoms with Crippen LogP contribution in [0.1, 0.15) is 11.3 Å². The van der Waals surface area contributed by atoms with Crippen LogP contribution < -0.4 is 9.64 Å². The van der Waals surface area contributed by atoms with E-state index in [4.69, 9.17) is 16.3 Å². The van der Waals surface area contributed by atoms with E-state index in [0.29, 0.717) is 10.8 Å². The zero-order valence-corrected chi connectivity index (χ0v) is 13.7. The van der Waals surface area contributed by atoms with Gasteiger partial charge in [0, 0.05) is 11.3 Å².